The summed E-state index contributed by atoms with van der Waals surface area (Å²) in [5, 5.41) is 0. The summed E-state index contributed by atoms with van der Waals surface area (Å²) < 4.78 is 59.3. The molecule has 0 aliphatic carbocycles. The van der Waals surface area contributed by atoms with Gasteiger partial charge in [0.15, 0.2) is 6.29 Å². The van der Waals surface area contributed by atoms with Gasteiger partial charge in [0.1, 0.15) is 24.4 Å². The van der Waals surface area contributed by atoms with Crippen LogP contribution < -0.4 is 0 Å². The number of methoxy groups -OCH3 is 4. The molecule has 0 spiro atoms. The van der Waals surface area contributed by atoms with Gasteiger partial charge >= 0.3 is 7.82 Å². The van der Waals surface area contributed by atoms with Crippen molar-refractivity contribution < 1.29 is 41.8 Å². The van der Waals surface area contributed by atoms with Gasteiger partial charge < -0.3 is 23.7 Å². The molecule has 0 saturated carbocycles. The molecule has 9 nitrogen and oxygen atoms in total. The minimum Gasteiger partial charge on any atom is -0.382 e. The molecular formula is C24H33O9P. The van der Waals surface area contributed by atoms with Crippen LogP contribution in [0.1, 0.15) is 11.1 Å². The second kappa shape index (κ2) is 13.4. The summed E-state index contributed by atoms with van der Waals surface area (Å²) in [5.74, 6) is 0. The Labute approximate surface area is 200 Å². The minimum absolute atomic E-state index is 0.0210. The zero-order chi connectivity index (χ0) is 24.4. The minimum atomic E-state index is -4.12. The molecule has 10 heteroatoms. The second-order valence-electron chi connectivity index (χ2n) is 7.67. The summed E-state index contributed by atoms with van der Waals surface area (Å²) in [7, 11) is 2.00. The van der Waals surface area contributed by atoms with Gasteiger partial charge in [0.05, 0.1) is 19.8 Å². The predicted octanol–water partition coefficient (Wildman–Crippen LogP) is 3.96. The van der Waals surface area contributed by atoms with Crippen molar-refractivity contribution in [2.75, 3.05) is 35.0 Å². The number of phosphoric acid groups is 1. The first-order valence-electron chi connectivity index (χ1n) is 10.9. The fourth-order valence-corrected chi connectivity index (χ4v) is 4.98. The van der Waals surface area contributed by atoms with Crippen molar-refractivity contribution in [1.82, 2.24) is 0 Å². The van der Waals surface area contributed by atoms with E-state index in [1.165, 1.54) is 14.2 Å². The molecule has 0 aromatic heterocycles. The number of hydrogen-bond donors (Lipinski definition) is 0. The van der Waals surface area contributed by atoms with Gasteiger partial charge in [0.2, 0.25) is 0 Å². The Morgan fingerprint density at radius 1 is 0.735 bits per heavy atom. The van der Waals surface area contributed by atoms with E-state index in [2.05, 4.69) is 0 Å². The topological polar surface area (TPSA) is 90.9 Å². The van der Waals surface area contributed by atoms with E-state index in [1.54, 1.807) is 14.2 Å². The van der Waals surface area contributed by atoms with Crippen LogP contribution in [0, 0.1) is 0 Å². The number of phosphoric ester groups is 1. The number of hydrogen-bond acceptors (Lipinski definition) is 9. The molecule has 0 radical (unpaired) electrons. The SMILES string of the molecule is COC[C@H]1O[C@H](OP(=O)(OCc2ccccc2)OCc2ccccc2)[C@@H](OC)[C@@H](OC)[C@@H]1OC. The molecule has 188 valence electrons. The smallest absolute Gasteiger partial charge is 0.382 e. The maximum atomic E-state index is 13.8. The third-order valence-electron chi connectivity index (χ3n) is 5.44. The van der Waals surface area contributed by atoms with Crippen molar-refractivity contribution in [3.05, 3.63) is 71.8 Å². The highest BCUT2D eigenvalue weighted by molar-refractivity contribution is 7.48. The molecule has 3 rings (SSSR count). The molecule has 0 N–H and O–H groups in total. The summed E-state index contributed by atoms with van der Waals surface area (Å²) in [6, 6.07) is 18.7. The van der Waals surface area contributed by atoms with Gasteiger partial charge in [0, 0.05) is 28.4 Å². The molecule has 1 aliphatic rings. The molecule has 2 aromatic carbocycles. The summed E-state index contributed by atoms with van der Waals surface area (Å²) in [4.78, 5) is 0. The molecule has 5 atom stereocenters. The lowest BCUT2D eigenvalue weighted by atomic mass is 9.98. The summed E-state index contributed by atoms with van der Waals surface area (Å²) in [5.41, 5.74) is 1.63. The number of ether oxygens (including phenoxy) is 5. The van der Waals surface area contributed by atoms with Crippen LogP contribution in [0.2, 0.25) is 0 Å². The Balaban J connectivity index is 1.82. The average Bonchev–Trinajstić information content (AvgIpc) is 2.87. The largest absolute Gasteiger partial charge is 0.477 e. The van der Waals surface area contributed by atoms with Crippen molar-refractivity contribution in [3.8, 4) is 0 Å². The van der Waals surface area contributed by atoms with Crippen molar-refractivity contribution in [3.63, 3.8) is 0 Å². The molecule has 2 aromatic rings. The van der Waals surface area contributed by atoms with Crippen molar-refractivity contribution in [2.24, 2.45) is 0 Å². The lowest BCUT2D eigenvalue weighted by molar-refractivity contribution is -0.296. The van der Waals surface area contributed by atoms with Gasteiger partial charge in [-0.1, -0.05) is 60.7 Å². The average molecular weight is 496 g/mol. The van der Waals surface area contributed by atoms with E-state index >= 15 is 0 Å². The second-order valence-corrected chi connectivity index (χ2v) is 9.29. The standard InChI is InChI=1S/C24H33O9P/c1-26-17-20-21(27-2)22(28-3)23(29-4)24(32-20)33-34(25,30-15-18-11-7-5-8-12-18)31-16-19-13-9-6-10-14-19/h5-14,20-24H,15-17H2,1-4H3/t20-,21-,22+,23+,24-/m1/s1. The van der Waals surface area contributed by atoms with E-state index in [0.717, 1.165) is 11.1 Å². The van der Waals surface area contributed by atoms with E-state index < -0.39 is 38.5 Å². The van der Waals surface area contributed by atoms with Gasteiger partial charge in [-0.05, 0) is 11.1 Å². The van der Waals surface area contributed by atoms with Crippen LogP contribution >= 0.6 is 7.82 Å². The molecule has 1 aliphatic heterocycles. The normalized spacial score (nSPS) is 25.4. The molecule has 1 fully saturated rings. The summed E-state index contributed by atoms with van der Waals surface area (Å²) in [6.07, 6.45) is -3.53. The highest BCUT2D eigenvalue weighted by Crippen LogP contribution is 2.53. The molecular weight excluding hydrogens is 463 g/mol. The third-order valence-corrected chi connectivity index (χ3v) is 6.79. The molecule has 34 heavy (non-hydrogen) atoms. The maximum Gasteiger partial charge on any atom is 0.477 e. The first kappa shape index (κ1) is 26.9. The monoisotopic (exact) mass is 496 g/mol. The molecule has 0 unspecified atom stereocenters. The first-order valence-corrected chi connectivity index (χ1v) is 12.4. The maximum absolute atomic E-state index is 13.8. The van der Waals surface area contributed by atoms with Crippen LogP contribution in [0.25, 0.3) is 0 Å². The molecule has 0 amide bonds. The Kier molecular flexibility index (Phi) is 10.7. The summed E-state index contributed by atoms with van der Waals surface area (Å²) in [6.45, 7) is 0.245. The third kappa shape index (κ3) is 7.18. The van der Waals surface area contributed by atoms with Gasteiger partial charge in [-0.25, -0.2) is 4.57 Å². The number of benzene rings is 2. The van der Waals surface area contributed by atoms with Crippen LogP contribution in [0.15, 0.2) is 60.7 Å². The van der Waals surface area contributed by atoms with Crippen molar-refractivity contribution in [2.45, 2.75) is 43.9 Å². The van der Waals surface area contributed by atoms with Gasteiger partial charge in [-0.2, -0.15) is 0 Å². The Morgan fingerprint density at radius 2 is 1.24 bits per heavy atom. The van der Waals surface area contributed by atoms with Crippen LogP contribution in [0.3, 0.4) is 0 Å². The zero-order valence-electron chi connectivity index (χ0n) is 19.9. The van der Waals surface area contributed by atoms with Crippen LogP contribution in [0.5, 0.6) is 0 Å². The van der Waals surface area contributed by atoms with E-state index in [0.29, 0.717) is 0 Å². The highest BCUT2D eigenvalue weighted by atomic mass is 31.2. The predicted molar refractivity (Wildman–Crippen MR) is 124 cm³/mol. The van der Waals surface area contributed by atoms with Crippen LogP contribution in [0.4, 0.5) is 0 Å². The van der Waals surface area contributed by atoms with E-state index in [9.17, 15) is 4.57 Å². The highest BCUT2D eigenvalue weighted by Gasteiger charge is 2.50. The zero-order valence-corrected chi connectivity index (χ0v) is 20.8. The lowest BCUT2D eigenvalue weighted by Gasteiger charge is -2.44. The molecule has 1 saturated heterocycles. The van der Waals surface area contributed by atoms with Crippen molar-refractivity contribution in [1.29, 1.82) is 0 Å². The Hall–Kier alpha value is -1.65. The van der Waals surface area contributed by atoms with Gasteiger partial charge in [-0.3, -0.25) is 13.6 Å². The van der Waals surface area contributed by atoms with E-state index in [-0.39, 0.29) is 19.8 Å². The van der Waals surface area contributed by atoms with Gasteiger partial charge in [0.25, 0.3) is 0 Å². The van der Waals surface area contributed by atoms with Crippen molar-refractivity contribution >= 4 is 7.82 Å². The van der Waals surface area contributed by atoms with E-state index in [4.69, 9.17) is 37.3 Å². The van der Waals surface area contributed by atoms with E-state index in [1.807, 2.05) is 60.7 Å². The Bertz CT molecular complexity index is 835. The lowest BCUT2D eigenvalue weighted by Crippen LogP contribution is -2.61. The quantitative estimate of drug-likeness (QED) is 0.382. The first-order chi connectivity index (χ1) is 16.5. The van der Waals surface area contributed by atoms with Gasteiger partial charge in [-0.15, -0.1) is 0 Å². The molecule has 0 bridgehead atoms. The fraction of sp³-hybridized carbons (Fsp3) is 0.500. The Morgan fingerprint density at radius 3 is 1.68 bits per heavy atom. The molecule has 1 heterocycles. The fourth-order valence-electron chi connectivity index (χ4n) is 3.74. The number of rotatable bonds is 13. The van der Waals surface area contributed by atoms with Crippen LogP contribution in [-0.4, -0.2) is 65.8 Å². The summed E-state index contributed by atoms with van der Waals surface area (Å²) >= 11 is 0. The van der Waals surface area contributed by atoms with Crippen LogP contribution in [-0.2, 0) is 55.0 Å².